The highest BCUT2D eigenvalue weighted by Gasteiger charge is 2.21. The lowest BCUT2D eigenvalue weighted by molar-refractivity contribution is 0.672. The van der Waals surface area contributed by atoms with E-state index in [9.17, 15) is 0 Å². The predicted octanol–water partition coefficient (Wildman–Crippen LogP) is 13.6. The number of para-hydroxylation sites is 1. The molecule has 0 bridgehead atoms. The summed E-state index contributed by atoms with van der Waals surface area (Å²) in [5.74, 6) is 1.82. The molecule has 0 aliphatic carbocycles. The Morgan fingerprint density at radius 1 is 0.309 bits per heavy atom. The Morgan fingerprint density at radius 3 is 1.56 bits per heavy atom. The van der Waals surface area contributed by atoms with E-state index in [1.165, 1.54) is 21.7 Å². The molecule has 0 radical (unpaired) electrons. The topological polar surface area (TPSA) is 51.8 Å². The maximum atomic E-state index is 6.66. The van der Waals surface area contributed by atoms with Gasteiger partial charge in [-0.3, -0.25) is 0 Å². The standard InChI is InChI=1S/C51H31N3O/c1-2-10-32(11-3-1)40-26-27-43-42(30-40)31-45(47-44-16-8-9-17-46(44)55-48(43)47)51-53-49(52-50(54-51)41-25-21-34-13-5-7-15-38(34)29-41)36-22-18-35(19-23-36)39-24-20-33-12-4-6-14-37(33)28-39/h1-31H. The van der Waals surface area contributed by atoms with Gasteiger partial charge in [-0.25, -0.2) is 15.0 Å². The van der Waals surface area contributed by atoms with Crippen LogP contribution in [-0.2, 0) is 0 Å². The maximum absolute atomic E-state index is 6.66. The van der Waals surface area contributed by atoms with Crippen LogP contribution in [0.2, 0.25) is 0 Å². The Labute approximate surface area is 317 Å². The van der Waals surface area contributed by atoms with E-state index in [2.05, 4.69) is 170 Å². The van der Waals surface area contributed by atoms with Crippen LogP contribution in [0.15, 0.2) is 192 Å². The first kappa shape index (κ1) is 31.1. The molecule has 0 saturated heterocycles. The van der Waals surface area contributed by atoms with Crippen molar-refractivity contribution in [1.29, 1.82) is 0 Å². The van der Waals surface area contributed by atoms with E-state index in [1.807, 2.05) is 18.2 Å². The number of rotatable bonds is 5. The maximum Gasteiger partial charge on any atom is 0.164 e. The lowest BCUT2D eigenvalue weighted by Gasteiger charge is -2.12. The van der Waals surface area contributed by atoms with E-state index in [0.29, 0.717) is 17.5 Å². The van der Waals surface area contributed by atoms with E-state index in [0.717, 1.165) is 71.5 Å². The molecule has 0 saturated carbocycles. The van der Waals surface area contributed by atoms with Gasteiger partial charge in [-0.05, 0) is 85.6 Å². The third-order valence-corrected chi connectivity index (χ3v) is 10.7. The molecule has 0 atom stereocenters. The summed E-state index contributed by atoms with van der Waals surface area (Å²) in [5.41, 5.74) is 8.98. The molecule has 0 amide bonds. The molecule has 55 heavy (non-hydrogen) atoms. The fourth-order valence-corrected chi connectivity index (χ4v) is 7.87. The molecular formula is C51H31N3O. The van der Waals surface area contributed by atoms with Crippen LogP contribution in [0, 0.1) is 0 Å². The van der Waals surface area contributed by atoms with Crippen molar-refractivity contribution in [1.82, 2.24) is 15.0 Å². The zero-order valence-corrected chi connectivity index (χ0v) is 29.6. The van der Waals surface area contributed by atoms with Gasteiger partial charge >= 0.3 is 0 Å². The smallest absolute Gasteiger partial charge is 0.164 e. The molecule has 9 aromatic carbocycles. The van der Waals surface area contributed by atoms with Gasteiger partial charge < -0.3 is 4.42 Å². The fraction of sp³-hybridized carbons (Fsp3) is 0. The fourth-order valence-electron chi connectivity index (χ4n) is 7.87. The van der Waals surface area contributed by atoms with Crippen LogP contribution in [0.5, 0.6) is 0 Å². The Kier molecular flexibility index (Phi) is 7.14. The van der Waals surface area contributed by atoms with Crippen LogP contribution in [0.1, 0.15) is 0 Å². The molecular weight excluding hydrogens is 671 g/mol. The van der Waals surface area contributed by atoms with Gasteiger partial charge in [-0.1, -0.05) is 152 Å². The van der Waals surface area contributed by atoms with E-state index < -0.39 is 0 Å². The first-order valence-corrected chi connectivity index (χ1v) is 18.5. The summed E-state index contributed by atoms with van der Waals surface area (Å²) in [6.45, 7) is 0. The molecule has 0 aliphatic heterocycles. The third-order valence-electron chi connectivity index (χ3n) is 10.7. The van der Waals surface area contributed by atoms with E-state index in [1.54, 1.807) is 0 Å². The highest BCUT2D eigenvalue weighted by molar-refractivity contribution is 6.21. The minimum absolute atomic E-state index is 0.593. The molecule has 0 N–H and O–H groups in total. The number of benzene rings is 9. The van der Waals surface area contributed by atoms with E-state index >= 15 is 0 Å². The minimum atomic E-state index is 0.593. The van der Waals surface area contributed by atoms with Gasteiger partial charge in [0, 0.05) is 32.8 Å². The van der Waals surface area contributed by atoms with E-state index in [4.69, 9.17) is 19.4 Å². The van der Waals surface area contributed by atoms with Crippen LogP contribution in [-0.4, -0.2) is 15.0 Å². The van der Waals surface area contributed by atoms with Crippen molar-refractivity contribution in [2.24, 2.45) is 0 Å². The van der Waals surface area contributed by atoms with Crippen LogP contribution < -0.4 is 0 Å². The number of hydrogen-bond donors (Lipinski definition) is 0. The Bertz CT molecular complexity index is 3260. The van der Waals surface area contributed by atoms with Crippen LogP contribution in [0.4, 0.5) is 0 Å². The van der Waals surface area contributed by atoms with Crippen LogP contribution >= 0.6 is 0 Å². The van der Waals surface area contributed by atoms with Crippen molar-refractivity contribution >= 4 is 54.3 Å². The second-order valence-electron chi connectivity index (χ2n) is 14.0. The molecule has 0 unspecified atom stereocenters. The third kappa shape index (κ3) is 5.43. The number of furan rings is 1. The minimum Gasteiger partial charge on any atom is -0.455 e. The lowest BCUT2D eigenvalue weighted by atomic mass is 9.96. The zero-order chi connectivity index (χ0) is 36.3. The second kappa shape index (κ2) is 12.6. The van der Waals surface area contributed by atoms with Crippen LogP contribution in [0.3, 0.4) is 0 Å². The van der Waals surface area contributed by atoms with E-state index in [-0.39, 0.29) is 0 Å². The molecule has 2 aromatic heterocycles. The first-order valence-electron chi connectivity index (χ1n) is 18.5. The van der Waals surface area contributed by atoms with Crippen molar-refractivity contribution in [2.75, 3.05) is 0 Å². The molecule has 0 spiro atoms. The molecule has 4 heteroatoms. The second-order valence-corrected chi connectivity index (χ2v) is 14.0. The Morgan fingerprint density at radius 2 is 0.818 bits per heavy atom. The lowest BCUT2D eigenvalue weighted by Crippen LogP contribution is -2.00. The molecule has 0 aliphatic rings. The average molecular weight is 702 g/mol. The Hall–Kier alpha value is -7.43. The van der Waals surface area contributed by atoms with Crippen molar-refractivity contribution in [3.8, 4) is 56.4 Å². The predicted molar refractivity (Wildman–Crippen MR) is 227 cm³/mol. The first-order chi connectivity index (χ1) is 27.2. The molecule has 0 fully saturated rings. The summed E-state index contributed by atoms with van der Waals surface area (Å²) in [5, 5.41) is 8.85. The molecule has 2 heterocycles. The summed E-state index contributed by atoms with van der Waals surface area (Å²) in [4.78, 5) is 15.7. The summed E-state index contributed by atoms with van der Waals surface area (Å²) < 4.78 is 6.66. The van der Waals surface area contributed by atoms with Gasteiger partial charge in [-0.2, -0.15) is 0 Å². The van der Waals surface area contributed by atoms with Crippen molar-refractivity contribution in [2.45, 2.75) is 0 Å². The number of nitrogens with zero attached hydrogens (tertiary/aromatic N) is 3. The number of fused-ring (bicyclic) bond motifs is 7. The van der Waals surface area contributed by atoms with Crippen molar-refractivity contribution in [3.63, 3.8) is 0 Å². The van der Waals surface area contributed by atoms with Crippen molar-refractivity contribution < 1.29 is 4.42 Å². The van der Waals surface area contributed by atoms with Gasteiger partial charge in [0.2, 0.25) is 0 Å². The van der Waals surface area contributed by atoms with Crippen molar-refractivity contribution in [3.05, 3.63) is 188 Å². The SMILES string of the molecule is c1ccc(-c2ccc3c(c2)cc(-c2nc(-c4ccc(-c5ccc6ccccc6c5)cc4)nc(-c4ccc5ccccc5c4)n2)c2c4ccccc4oc32)cc1. The monoisotopic (exact) mass is 701 g/mol. The number of aromatic nitrogens is 3. The molecule has 11 aromatic rings. The van der Waals surface area contributed by atoms with Gasteiger partial charge in [-0.15, -0.1) is 0 Å². The molecule has 4 nitrogen and oxygen atoms in total. The normalized spacial score (nSPS) is 11.6. The molecule has 256 valence electrons. The van der Waals surface area contributed by atoms with Crippen LogP contribution in [0.25, 0.3) is 111 Å². The zero-order valence-electron chi connectivity index (χ0n) is 29.6. The summed E-state index contributed by atoms with van der Waals surface area (Å²) in [6.07, 6.45) is 0. The summed E-state index contributed by atoms with van der Waals surface area (Å²) >= 11 is 0. The van der Waals surface area contributed by atoms with Gasteiger partial charge in [0.05, 0.1) is 0 Å². The highest BCUT2D eigenvalue weighted by atomic mass is 16.3. The highest BCUT2D eigenvalue weighted by Crippen LogP contribution is 2.42. The summed E-state index contributed by atoms with van der Waals surface area (Å²) in [7, 11) is 0. The van der Waals surface area contributed by atoms with Gasteiger partial charge in [0.25, 0.3) is 0 Å². The molecule has 11 rings (SSSR count). The largest absolute Gasteiger partial charge is 0.455 e. The average Bonchev–Trinajstić information content (AvgIpc) is 3.66. The number of hydrogen-bond acceptors (Lipinski definition) is 4. The summed E-state index contributed by atoms with van der Waals surface area (Å²) in [6, 6.07) is 65.9. The quantitative estimate of drug-likeness (QED) is 0.179. The van der Waals surface area contributed by atoms with Gasteiger partial charge in [0.15, 0.2) is 17.5 Å². The Balaban J connectivity index is 1.13. The van der Waals surface area contributed by atoms with Gasteiger partial charge in [0.1, 0.15) is 11.2 Å².